The third-order valence-electron chi connectivity index (χ3n) is 5.55. The van der Waals surface area contributed by atoms with Crippen LogP contribution < -0.4 is 14.2 Å². The number of methoxy groups -OCH3 is 2. The number of aliphatic hydroxyl groups is 1. The summed E-state index contributed by atoms with van der Waals surface area (Å²) in [5, 5.41) is 11.2. The molecule has 1 N–H and O–H groups in total. The topological polar surface area (TPSA) is 88.5 Å². The van der Waals surface area contributed by atoms with Crippen molar-refractivity contribution in [3.63, 3.8) is 0 Å². The zero-order valence-electron chi connectivity index (χ0n) is 19.9. The second-order valence-corrected chi connectivity index (χ2v) is 8.03. The second kappa shape index (κ2) is 10.9. The number of likely N-dealkylation sites (tertiary alicyclic amines) is 1. The van der Waals surface area contributed by atoms with Gasteiger partial charge < -0.3 is 29.1 Å². The number of likely N-dealkylation sites (N-methyl/N-ethyl adjacent to an activating group) is 1. The monoisotopic (exact) mass is 466 g/mol. The van der Waals surface area contributed by atoms with Crippen LogP contribution >= 0.6 is 0 Å². The maximum absolute atomic E-state index is 13.1. The molecule has 0 bridgehead atoms. The minimum absolute atomic E-state index is 0.0238. The highest BCUT2D eigenvalue weighted by Gasteiger charge is 2.46. The molecule has 8 heteroatoms. The van der Waals surface area contributed by atoms with Crippen LogP contribution in [0.3, 0.4) is 0 Å². The molecule has 1 amide bonds. The van der Waals surface area contributed by atoms with Gasteiger partial charge in [-0.1, -0.05) is 18.7 Å². The molecule has 1 aliphatic heterocycles. The number of hydrogen-bond acceptors (Lipinski definition) is 7. The molecule has 0 spiro atoms. The van der Waals surface area contributed by atoms with Gasteiger partial charge in [0.25, 0.3) is 11.7 Å². The van der Waals surface area contributed by atoms with Gasteiger partial charge in [0.1, 0.15) is 18.1 Å². The maximum Gasteiger partial charge on any atom is 0.295 e. The molecule has 2 aromatic carbocycles. The molecular formula is C26H30N2O6. The van der Waals surface area contributed by atoms with E-state index >= 15 is 0 Å². The fourth-order valence-corrected chi connectivity index (χ4v) is 3.81. The molecule has 1 saturated heterocycles. The van der Waals surface area contributed by atoms with E-state index in [0.717, 1.165) is 0 Å². The minimum atomic E-state index is -0.781. The fraction of sp³-hybridized carbons (Fsp3) is 0.308. The van der Waals surface area contributed by atoms with Gasteiger partial charge in [0.2, 0.25) is 0 Å². The largest absolute Gasteiger partial charge is 0.507 e. The van der Waals surface area contributed by atoms with Crippen LogP contribution in [0.1, 0.15) is 17.2 Å². The van der Waals surface area contributed by atoms with Crippen LogP contribution in [0.4, 0.5) is 0 Å². The van der Waals surface area contributed by atoms with Crippen molar-refractivity contribution in [2.45, 2.75) is 6.04 Å². The first kappa shape index (κ1) is 24.9. The molecule has 0 radical (unpaired) electrons. The Morgan fingerprint density at radius 1 is 1.09 bits per heavy atom. The molecule has 34 heavy (non-hydrogen) atoms. The molecule has 0 aromatic heterocycles. The SMILES string of the molecule is C=CCOc1ccc(/C(O)=C2\C(=O)C(=O)N(CCN(C)C)C2c2ccc(OC)c(OC)c2)cc1. The van der Waals surface area contributed by atoms with Crippen LogP contribution in [-0.2, 0) is 9.59 Å². The first-order chi connectivity index (χ1) is 16.3. The van der Waals surface area contributed by atoms with Crippen LogP contribution in [0.5, 0.6) is 17.2 Å². The molecule has 0 saturated carbocycles. The van der Waals surface area contributed by atoms with Crippen molar-refractivity contribution >= 4 is 17.4 Å². The molecular weight excluding hydrogens is 436 g/mol. The van der Waals surface area contributed by atoms with Crippen LogP contribution in [0.15, 0.2) is 60.7 Å². The van der Waals surface area contributed by atoms with E-state index in [0.29, 0.717) is 48.1 Å². The lowest BCUT2D eigenvalue weighted by Crippen LogP contribution is -2.35. The van der Waals surface area contributed by atoms with Gasteiger partial charge >= 0.3 is 0 Å². The van der Waals surface area contributed by atoms with E-state index in [4.69, 9.17) is 14.2 Å². The second-order valence-electron chi connectivity index (χ2n) is 8.03. The van der Waals surface area contributed by atoms with E-state index in [-0.39, 0.29) is 11.3 Å². The number of nitrogens with zero attached hydrogens (tertiary/aromatic N) is 2. The van der Waals surface area contributed by atoms with Gasteiger partial charge in [-0.2, -0.15) is 0 Å². The smallest absolute Gasteiger partial charge is 0.295 e. The molecule has 8 nitrogen and oxygen atoms in total. The number of rotatable bonds is 10. The van der Waals surface area contributed by atoms with Gasteiger partial charge in [-0.15, -0.1) is 0 Å². The van der Waals surface area contributed by atoms with E-state index in [1.807, 2.05) is 19.0 Å². The Kier molecular flexibility index (Phi) is 7.96. The number of carbonyl (C=O) groups excluding carboxylic acids is 2. The summed E-state index contributed by atoms with van der Waals surface area (Å²) in [5.41, 5.74) is 1.06. The number of carbonyl (C=O) groups is 2. The molecule has 0 aliphatic carbocycles. The Bertz CT molecular complexity index is 1090. The van der Waals surface area contributed by atoms with Gasteiger partial charge in [0.05, 0.1) is 25.8 Å². The highest BCUT2D eigenvalue weighted by molar-refractivity contribution is 6.46. The number of aliphatic hydroxyl groups excluding tert-OH is 1. The average Bonchev–Trinajstić information content (AvgIpc) is 3.10. The number of ketones is 1. The number of Topliss-reactive ketones (excluding diaryl/α,β-unsaturated/α-hetero) is 1. The summed E-state index contributed by atoms with van der Waals surface area (Å²) in [5.74, 6) is -0.0641. The first-order valence-corrected chi connectivity index (χ1v) is 10.8. The summed E-state index contributed by atoms with van der Waals surface area (Å²) >= 11 is 0. The standard InChI is InChI=1S/C26H30N2O6/c1-6-15-34-19-10-7-17(8-11-19)24(29)22-23(18-9-12-20(32-4)21(16-18)33-5)28(14-13-27(2)3)26(31)25(22)30/h6-12,16,23,29H,1,13-15H2,2-5H3/b24-22+. The van der Waals surface area contributed by atoms with E-state index in [9.17, 15) is 14.7 Å². The first-order valence-electron chi connectivity index (χ1n) is 10.8. The Morgan fingerprint density at radius 3 is 2.35 bits per heavy atom. The fourth-order valence-electron chi connectivity index (χ4n) is 3.81. The van der Waals surface area contributed by atoms with Gasteiger partial charge in [-0.25, -0.2) is 0 Å². The predicted molar refractivity (Wildman–Crippen MR) is 129 cm³/mol. The van der Waals surface area contributed by atoms with Crippen molar-refractivity contribution in [1.82, 2.24) is 9.80 Å². The summed E-state index contributed by atoms with van der Waals surface area (Å²) in [7, 11) is 6.82. The highest BCUT2D eigenvalue weighted by atomic mass is 16.5. The molecule has 1 aliphatic rings. The number of benzene rings is 2. The van der Waals surface area contributed by atoms with E-state index in [1.54, 1.807) is 48.5 Å². The van der Waals surface area contributed by atoms with Gasteiger partial charge in [0.15, 0.2) is 11.5 Å². The van der Waals surface area contributed by atoms with Crippen LogP contribution in [-0.4, -0.2) is 74.6 Å². The van der Waals surface area contributed by atoms with Crippen molar-refractivity contribution < 1.29 is 28.9 Å². The normalized spacial score (nSPS) is 17.2. The molecule has 2 aromatic rings. The lowest BCUT2D eigenvalue weighted by Gasteiger charge is -2.27. The number of hydrogen-bond donors (Lipinski definition) is 1. The van der Waals surface area contributed by atoms with Crippen molar-refractivity contribution in [2.24, 2.45) is 0 Å². The van der Waals surface area contributed by atoms with Crippen LogP contribution in [0.25, 0.3) is 5.76 Å². The Hall–Kier alpha value is -3.78. The van der Waals surface area contributed by atoms with Gasteiger partial charge in [-0.3, -0.25) is 9.59 Å². The lowest BCUT2D eigenvalue weighted by molar-refractivity contribution is -0.140. The van der Waals surface area contributed by atoms with Crippen molar-refractivity contribution in [3.05, 3.63) is 71.8 Å². The molecule has 1 unspecified atom stereocenters. The maximum atomic E-state index is 13.1. The summed E-state index contributed by atoms with van der Waals surface area (Å²) < 4.78 is 16.2. The number of amides is 1. The van der Waals surface area contributed by atoms with Crippen molar-refractivity contribution in [2.75, 3.05) is 48.0 Å². The van der Waals surface area contributed by atoms with Gasteiger partial charge in [-0.05, 0) is 56.1 Å². The average molecular weight is 467 g/mol. The Balaban J connectivity index is 2.11. The van der Waals surface area contributed by atoms with Crippen molar-refractivity contribution in [3.8, 4) is 17.2 Å². The zero-order chi connectivity index (χ0) is 24.8. The Labute approximate surface area is 199 Å². The van der Waals surface area contributed by atoms with E-state index in [2.05, 4.69) is 6.58 Å². The van der Waals surface area contributed by atoms with E-state index in [1.165, 1.54) is 19.1 Å². The molecule has 180 valence electrons. The molecule has 1 fully saturated rings. The van der Waals surface area contributed by atoms with Gasteiger partial charge in [0, 0.05) is 18.7 Å². The summed E-state index contributed by atoms with van der Waals surface area (Å²) in [4.78, 5) is 29.6. The summed E-state index contributed by atoms with van der Waals surface area (Å²) in [6.45, 7) is 4.82. The van der Waals surface area contributed by atoms with Crippen LogP contribution in [0, 0.1) is 0 Å². The summed E-state index contributed by atoms with van der Waals surface area (Å²) in [6.07, 6.45) is 1.63. The third-order valence-corrected chi connectivity index (χ3v) is 5.55. The quantitative estimate of drug-likeness (QED) is 0.249. The van der Waals surface area contributed by atoms with Crippen molar-refractivity contribution in [1.29, 1.82) is 0 Å². The Morgan fingerprint density at radius 2 is 1.76 bits per heavy atom. The predicted octanol–water partition coefficient (Wildman–Crippen LogP) is 3.25. The highest BCUT2D eigenvalue weighted by Crippen LogP contribution is 2.41. The lowest BCUT2D eigenvalue weighted by atomic mass is 9.95. The van der Waals surface area contributed by atoms with Crippen LogP contribution in [0.2, 0.25) is 0 Å². The zero-order valence-corrected chi connectivity index (χ0v) is 19.9. The summed E-state index contributed by atoms with van der Waals surface area (Å²) in [6, 6.07) is 11.1. The van der Waals surface area contributed by atoms with E-state index < -0.39 is 17.7 Å². The molecule has 1 atom stereocenters. The molecule has 3 rings (SSSR count). The number of ether oxygens (including phenoxy) is 3. The molecule has 1 heterocycles. The minimum Gasteiger partial charge on any atom is -0.507 e. The third kappa shape index (κ3) is 5.07.